The third-order valence-corrected chi connectivity index (χ3v) is 7.33. The van der Waals surface area contributed by atoms with E-state index in [0.717, 1.165) is 62.9 Å². The van der Waals surface area contributed by atoms with E-state index < -0.39 is 0 Å². The van der Waals surface area contributed by atoms with Crippen LogP contribution >= 0.6 is 23.7 Å². The lowest BCUT2D eigenvalue weighted by Crippen LogP contribution is -2.44. The number of aryl methyl sites for hydroxylation is 2. The Bertz CT molecular complexity index is 923. The third kappa shape index (κ3) is 3.84. The summed E-state index contributed by atoms with van der Waals surface area (Å²) in [6, 6.07) is 0.131. The number of hydrogen-bond donors (Lipinski definition) is 2. The molecule has 1 aliphatic carbocycles. The van der Waals surface area contributed by atoms with Crippen LogP contribution in [-0.4, -0.2) is 28.0 Å². The second kappa shape index (κ2) is 8.93. The molecule has 1 amide bonds. The third-order valence-electron chi connectivity index (χ3n) is 6.15. The molecule has 2 atom stereocenters. The van der Waals surface area contributed by atoms with E-state index in [1.807, 2.05) is 11.5 Å². The van der Waals surface area contributed by atoms with Gasteiger partial charge in [0.15, 0.2) is 0 Å². The predicted octanol–water partition coefficient (Wildman–Crippen LogP) is 3.16. The van der Waals surface area contributed by atoms with Gasteiger partial charge in [-0.25, -0.2) is 4.98 Å². The van der Waals surface area contributed by atoms with Crippen molar-refractivity contribution in [1.82, 2.24) is 14.9 Å². The maximum atomic E-state index is 13.1. The number of nitrogens with zero attached hydrogens (tertiary/aromatic N) is 2. The molecule has 3 N–H and O–H groups in total. The van der Waals surface area contributed by atoms with Crippen molar-refractivity contribution in [2.75, 3.05) is 6.54 Å². The van der Waals surface area contributed by atoms with Crippen molar-refractivity contribution >= 4 is 39.9 Å². The SMILES string of the molecule is Cc1c(C(=O)NC2CCCCC2CN)sc2nc3n(c(=O)c12)CCCCC3.Cl. The van der Waals surface area contributed by atoms with Gasteiger partial charge in [-0.2, -0.15) is 0 Å². The van der Waals surface area contributed by atoms with Gasteiger partial charge in [0.25, 0.3) is 11.5 Å². The molecule has 8 heteroatoms. The number of nitrogens with two attached hydrogens (primary N) is 1. The van der Waals surface area contributed by atoms with E-state index in [9.17, 15) is 9.59 Å². The van der Waals surface area contributed by atoms with Crippen LogP contribution in [0, 0.1) is 12.8 Å². The molecule has 3 heterocycles. The van der Waals surface area contributed by atoms with E-state index in [1.165, 1.54) is 17.8 Å². The van der Waals surface area contributed by atoms with E-state index in [2.05, 4.69) is 5.32 Å². The summed E-state index contributed by atoms with van der Waals surface area (Å²) in [4.78, 5) is 32.1. The van der Waals surface area contributed by atoms with Gasteiger partial charge in [0.2, 0.25) is 0 Å². The summed E-state index contributed by atoms with van der Waals surface area (Å²) in [5, 5.41) is 3.81. The van der Waals surface area contributed by atoms with Gasteiger partial charge in [-0.1, -0.05) is 19.3 Å². The lowest BCUT2D eigenvalue weighted by molar-refractivity contribution is 0.0912. The molecule has 1 aliphatic heterocycles. The Hall–Kier alpha value is -1.44. The summed E-state index contributed by atoms with van der Waals surface area (Å²) in [5.74, 6) is 1.13. The van der Waals surface area contributed by atoms with Crippen molar-refractivity contribution in [2.24, 2.45) is 11.7 Å². The first-order valence-electron chi connectivity index (χ1n) is 10.1. The summed E-state index contributed by atoms with van der Waals surface area (Å²) in [7, 11) is 0. The molecule has 0 saturated heterocycles. The predicted molar refractivity (Wildman–Crippen MR) is 116 cm³/mol. The number of carbonyl (C=O) groups excluding carboxylic acids is 1. The molecule has 1 fully saturated rings. The Morgan fingerprint density at radius 3 is 2.82 bits per heavy atom. The summed E-state index contributed by atoms with van der Waals surface area (Å²) in [6.07, 6.45) is 8.41. The Morgan fingerprint density at radius 1 is 1.25 bits per heavy atom. The van der Waals surface area contributed by atoms with Crippen LogP contribution < -0.4 is 16.6 Å². The lowest BCUT2D eigenvalue weighted by atomic mass is 9.84. The van der Waals surface area contributed by atoms with Crippen LogP contribution in [0.3, 0.4) is 0 Å². The Balaban J connectivity index is 0.00000225. The summed E-state index contributed by atoms with van der Waals surface area (Å²) >= 11 is 1.36. The van der Waals surface area contributed by atoms with Crippen molar-refractivity contribution in [3.8, 4) is 0 Å². The molecule has 6 nitrogen and oxygen atoms in total. The molecule has 0 bridgehead atoms. The molecule has 0 spiro atoms. The Kier molecular flexibility index (Phi) is 6.78. The van der Waals surface area contributed by atoms with Crippen LogP contribution in [0.2, 0.25) is 0 Å². The van der Waals surface area contributed by atoms with Crippen molar-refractivity contribution in [3.05, 3.63) is 26.6 Å². The molecule has 2 aliphatic rings. The van der Waals surface area contributed by atoms with Gasteiger partial charge in [0.05, 0.1) is 10.3 Å². The summed E-state index contributed by atoms with van der Waals surface area (Å²) in [5.41, 5.74) is 6.68. The molecule has 2 unspecified atom stereocenters. The lowest BCUT2D eigenvalue weighted by Gasteiger charge is -2.31. The van der Waals surface area contributed by atoms with Crippen LogP contribution in [0.4, 0.5) is 0 Å². The van der Waals surface area contributed by atoms with Crippen molar-refractivity contribution < 1.29 is 4.79 Å². The number of aromatic nitrogens is 2. The van der Waals surface area contributed by atoms with Crippen LogP contribution in [0.25, 0.3) is 10.2 Å². The zero-order chi connectivity index (χ0) is 19.0. The first-order chi connectivity index (χ1) is 13.1. The Labute approximate surface area is 175 Å². The molecule has 2 aromatic rings. The van der Waals surface area contributed by atoms with Gasteiger partial charge in [-0.3, -0.25) is 14.2 Å². The summed E-state index contributed by atoms with van der Waals surface area (Å²) < 4.78 is 1.82. The Morgan fingerprint density at radius 2 is 2.04 bits per heavy atom. The van der Waals surface area contributed by atoms with Crippen molar-refractivity contribution in [2.45, 2.75) is 70.9 Å². The standard InChI is InChI=1S/C20H28N4O2S.ClH/c1-12-16-19(23-15-9-3-2-6-10-24(15)20(16)26)27-17(12)18(25)22-14-8-5-4-7-13(14)11-21;/h13-14H,2-11,21H2,1H3,(H,22,25);1H. The van der Waals surface area contributed by atoms with Gasteiger partial charge in [-0.05, 0) is 50.6 Å². The first-order valence-corrected chi connectivity index (χ1v) is 11.0. The van der Waals surface area contributed by atoms with Gasteiger partial charge in [0.1, 0.15) is 10.7 Å². The number of fused-ring (bicyclic) bond motifs is 2. The highest BCUT2D eigenvalue weighted by Crippen LogP contribution is 2.30. The van der Waals surface area contributed by atoms with Crippen molar-refractivity contribution in [3.63, 3.8) is 0 Å². The van der Waals surface area contributed by atoms with Crippen molar-refractivity contribution in [1.29, 1.82) is 0 Å². The fraction of sp³-hybridized carbons (Fsp3) is 0.650. The molecule has 154 valence electrons. The number of hydrogen-bond acceptors (Lipinski definition) is 5. The van der Waals surface area contributed by atoms with E-state index in [0.29, 0.717) is 27.6 Å². The second-order valence-electron chi connectivity index (χ2n) is 7.89. The minimum atomic E-state index is -0.0829. The molecule has 28 heavy (non-hydrogen) atoms. The molecule has 0 radical (unpaired) electrons. The minimum Gasteiger partial charge on any atom is -0.348 e. The highest BCUT2D eigenvalue weighted by atomic mass is 35.5. The normalized spacial score (nSPS) is 22.2. The van der Waals surface area contributed by atoms with Crippen LogP contribution in [0.1, 0.15) is 66.0 Å². The average molecular weight is 425 g/mol. The number of rotatable bonds is 3. The zero-order valence-corrected chi connectivity index (χ0v) is 18.0. The number of nitrogens with one attached hydrogen (secondary N) is 1. The van der Waals surface area contributed by atoms with Gasteiger partial charge < -0.3 is 11.1 Å². The van der Waals surface area contributed by atoms with Crippen LogP contribution in [-0.2, 0) is 13.0 Å². The fourth-order valence-corrected chi connectivity index (χ4v) is 5.63. The van der Waals surface area contributed by atoms with Gasteiger partial charge in [-0.15, -0.1) is 23.7 Å². The van der Waals surface area contributed by atoms with Gasteiger partial charge >= 0.3 is 0 Å². The maximum absolute atomic E-state index is 13.1. The molecular formula is C20H29ClN4O2S. The molecule has 1 saturated carbocycles. The fourth-order valence-electron chi connectivity index (χ4n) is 4.54. The topological polar surface area (TPSA) is 90.0 Å². The minimum absolute atomic E-state index is 0. The molecule has 4 rings (SSSR count). The quantitative estimate of drug-likeness (QED) is 0.791. The van der Waals surface area contributed by atoms with Crippen LogP contribution in [0.15, 0.2) is 4.79 Å². The van der Waals surface area contributed by atoms with Gasteiger partial charge in [0, 0.05) is 19.0 Å². The molecule has 2 aromatic heterocycles. The maximum Gasteiger partial charge on any atom is 0.262 e. The van der Waals surface area contributed by atoms with E-state index in [4.69, 9.17) is 10.7 Å². The summed E-state index contributed by atoms with van der Waals surface area (Å²) in [6.45, 7) is 3.21. The number of carbonyl (C=O) groups is 1. The zero-order valence-electron chi connectivity index (χ0n) is 16.3. The number of amides is 1. The molecule has 0 aromatic carbocycles. The van der Waals surface area contributed by atoms with E-state index in [1.54, 1.807) is 0 Å². The van der Waals surface area contributed by atoms with E-state index in [-0.39, 0.29) is 29.9 Å². The smallest absolute Gasteiger partial charge is 0.262 e. The molecular weight excluding hydrogens is 396 g/mol. The largest absolute Gasteiger partial charge is 0.348 e. The van der Waals surface area contributed by atoms with E-state index >= 15 is 0 Å². The monoisotopic (exact) mass is 424 g/mol. The second-order valence-corrected chi connectivity index (χ2v) is 8.89. The highest BCUT2D eigenvalue weighted by Gasteiger charge is 2.28. The number of thiophene rings is 1. The van der Waals surface area contributed by atoms with Crippen LogP contribution in [0.5, 0.6) is 0 Å². The number of halogens is 1. The first kappa shape index (κ1) is 21.3. The average Bonchev–Trinajstić information content (AvgIpc) is 2.84. The highest BCUT2D eigenvalue weighted by molar-refractivity contribution is 7.20.